The van der Waals surface area contributed by atoms with Gasteiger partial charge in [0.1, 0.15) is 40.3 Å². The van der Waals surface area contributed by atoms with E-state index in [-0.39, 0.29) is 57.7 Å². The average molecular weight is 622 g/mol. The Labute approximate surface area is 239 Å². The maximum Gasteiger partial charge on any atom is 0.356 e. The van der Waals surface area contributed by atoms with Crippen LogP contribution in [0.25, 0.3) is 4.85 Å². The van der Waals surface area contributed by atoms with E-state index in [0.29, 0.717) is 42.9 Å². The highest BCUT2D eigenvalue weighted by Gasteiger charge is 2.51. The van der Waals surface area contributed by atoms with E-state index in [9.17, 15) is 14.7 Å². The van der Waals surface area contributed by atoms with Crippen molar-refractivity contribution in [1.82, 2.24) is 0 Å². The number of rotatable bonds is 8. The van der Waals surface area contributed by atoms with Gasteiger partial charge in [-0.2, -0.15) is 5.26 Å². The molecule has 3 aliphatic rings. The molecule has 2 heterocycles. The zero-order valence-corrected chi connectivity index (χ0v) is 25.5. The van der Waals surface area contributed by atoms with Crippen LogP contribution in [-0.2, 0) is 45.6 Å². The van der Waals surface area contributed by atoms with Gasteiger partial charge in [0.15, 0.2) is 0 Å². The minimum Gasteiger partial charge on any atom is -1.00 e. The van der Waals surface area contributed by atoms with E-state index in [1.54, 1.807) is 18.4 Å². The molecule has 0 aromatic carbocycles. The number of nitriles is 1. The first kappa shape index (κ1) is 37.3. The summed E-state index contributed by atoms with van der Waals surface area (Å²) < 4.78 is 14.4. The van der Waals surface area contributed by atoms with Crippen molar-refractivity contribution < 1.29 is 45.9 Å². The molecule has 37 heavy (non-hydrogen) atoms. The molecule has 2 atom stereocenters. The topological polar surface area (TPSA) is 113 Å². The highest BCUT2D eigenvalue weighted by molar-refractivity contribution is 7.99. The lowest BCUT2D eigenvalue weighted by molar-refractivity contribution is -0.356. The Balaban J connectivity index is 0. The van der Waals surface area contributed by atoms with Crippen molar-refractivity contribution in [2.45, 2.75) is 58.9 Å². The fourth-order valence-corrected chi connectivity index (χ4v) is 7.23. The molecule has 2 aliphatic heterocycles. The molecule has 1 aliphatic carbocycles. The summed E-state index contributed by atoms with van der Waals surface area (Å²) in [5.74, 6) is 5.11. The Morgan fingerprint density at radius 3 is 2.00 bits per heavy atom. The third-order valence-corrected chi connectivity index (χ3v) is 9.49. The lowest BCUT2D eigenvalue weighted by Gasteiger charge is -2.09. The van der Waals surface area contributed by atoms with Crippen molar-refractivity contribution in [2.75, 3.05) is 48.6 Å². The highest BCUT2D eigenvalue weighted by Crippen LogP contribution is 2.34. The van der Waals surface area contributed by atoms with Gasteiger partial charge in [-0.05, 0) is 57.0 Å². The molecule has 3 rings (SSSR count). The first-order valence-electron chi connectivity index (χ1n) is 12.4. The Morgan fingerprint density at radius 2 is 1.57 bits per heavy atom. The number of hydrogen-bond acceptors (Lipinski definition) is 7. The van der Waals surface area contributed by atoms with Crippen LogP contribution in [0.5, 0.6) is 0 Å². The van der Waals surface area contributed by atoms with E-state index in [4.69, 9.17) is 26.0 Å². The molecule has 0 N–H and O–H groups in total. The predicted molar refractivity (Wildman–Crippen MR) is 145 cm³/mol. The molecule has 0 aromatic heterocycles. The number of allylic oxidation sites excluding steroid dienone is 1. The second kappa shape index (κ2) is 24.5. The van der Waals surface area contributed by atoms with Gasteiger partial charge in [0.2, 0.25) is 11.8 Å². The Morgan fingerprint density at radius 1 is 1.05 bits per heavy atom. The van der Waals surface area contributed by atoms with Crippen LogP contribution in [0.2, 0.25) is 0 Å². The Kier molecular flexibility index (Phi) is 24.7. The van der Waals surface area contributed by atoms with Gasteiger partial charge >= 0.3 is 11.9 Å². The molecule has 0 bridgehead atoms. The zero-order chi connectivity index (χ0) is 27.2. The summed E-state index contributed by atoms with van der Waals surface area (Å²) in [7, 11) is 0.608. The number of hydrogen-bond donors (Lipinski definition) is 0. The zero-order valence-electron chi connectivity index (χ0n) is 22.2. The number of halogens is 1. The summed E-state index contributed by atoms with van der Waals surface area (Å²) in [6.45, 7) is 16.6. The molecule has 3 fully saturated rings. The Bertz CT molecular complexity index is 757. The van der Waals surface area contributed by atoms with E-state index in [0.717, 1.165) is 0 Å². The van der Waals surface area contributed by atoms with Crippen LogP contribution in [0.3, 0.4) is 0 Å². The molecule has 2 saturated heterocycles. The Hall–Kier alpha value is -1.82. The number of carbonyl (C=O) groups is 2. The van der Waals surface area contributed by atoms with Gasteiger partial charge in [-0.25, -0.2) is 11.4 Å². The van der Waals surface area contributed by atoms with Gasteiger partial charge in [0.05, 0.1) is 19.3 Å². The maximum absolute atomic E-state index is 11.0. The minimum atomic E-state index is -0.205. The standard InChI is InChI=1S/C8H15O2S.C8H14O2S.C7H9NO2.C3H3N.BrH/c2*1-2-10-8(9)7-11-5-3-4-6-11;1-3-10-7(9)5-4-6(5)8-2;1-2-3-4;/h2-7H2,1H3;7H,2-6H2,1H3;5-6H,3-4H2,1H3;2H,1H2;1H/q+1;;;;/p-1. The summed E-state index contributed by atoms with van der Waals surface area (Å²) in [5, 5.41) is 20.2. The fraction of sp³-hybridized carbons (Fsp3) is 0.692. The van der Waals surface area contributed by atoms with E-state index < -0.39 is 0 Å². The van der Waals surface area contributed by atoms with Crippen LogP contribution in [0.1, 0.15) is 52.9 Å². The van der Waals surface area contributed by atoms with Crippen molar-refractivity contribution in [3.63, 3.8) is 0 Å². The van der Waals surface area contributed by atoms with Crippen molar-refractivity contribution in [1.29, 1.82) is 5.26 Å². The highest BCUT2D eigenvalue weighted by atomic mass is 79.9. The third kappa shape index (κ3) is 19.9. The van der Waals surface area contributed by atoms with E-state index in [2.05, 4.69) is 11.4 Å². The fourth-order valence-electron chi connectivity index (χ4n) is 3.16. The molecule has 11 heteroatoms. The van der Waals surface area contributed by atoms with Gasteiger partial charge in [-0.1, -0.05) is 13.5 Å². The van der Waals surface area contributed by atoms with Crippen molar-refractivity contribution >= 4 is 33.7 Å². The van der Waals surface area contributed by atoms with Crippen LogP contribution in [-0.4, -0.2) is 66.6 Å². The number of nitrogens with zero attached hydrogens (tertiary/aromatic N) is 2. The average Bonchev–Trinajstić information content (AvgIpc) is 3.17. The van der Waals surface area contributed by atoms with Gasteiger partial charge in [0, 0.05) is 23.4 Å². The normalized spacial score (nSPS) is 19.9. The third-order valence-electron chi connectivity index (χ3n) is 4.96. The van der Waals surface area contributed by atoms with Crippen LogP contribution >= 0.6 is 0 Å². The van der Waals surface area contributed by atoms with Gasteiger partial charge in [-0.3, -0.25) is 4.79 Å². The molecule has 0 radical (unpaired) electrons. The summed E-state index contributed by atoms with van der Waals surface area (Å²) in [6, 6.07) is 1.61. The van der Waals surface area contributed by atoms with E-state index in [1.165, 1.54) is 54.8 Å². The van der Waals surface area contributed by atoms with Crippen molar-refractivity contribution in [3.05, 3.63) is 35.4 Å². The first-order chi connectivity index (χ1) is 17.4. The molecule has 0 spiro atoms. The van der Waals surface area contributed by atoms with Gasteiger partial charge < -0.3 is 41.1 Å². The van der Waals surface area contributed by atoms with Crippen LogP contribution in [0.4, 0.5) is 0 Å². The van der Waals surface area contributed by atoms with Gasteiger partial charge in [0.25, 0.3) is 0 Å². The molecule has 1 saturated carbocycles. The monoisotopic (exact) mass is 620 g/mol. The lowest BCUT2D eigenvalue weighted by Crippen LogP contribution is -3.00. The van der Waals surface area contributed by atoms with E-state index in [1.807, 2.05) is 13.8 Å². The molecule has 2 unspecified atom stereocenters. The van der Waals surface area contributed by atoms with Crippen molar-refractivity contribution in [2.24, 2.45) is 5.92 Å². The molecular weight excluding hydrogens is 580 g/mol. The first-order valence-corrected chi connectivity index (χ1v) is 15.7. The number of carbonyl (C=O) groups excluding carboxylic acids is 2. The SMILES string of the molecule is C=CC#N.CCOC(=O)C[S+]1CCCC1.CCOC([O-])=C[S+]1CCCC1.[Br-].[C-]#[N+]C1CC1C(=O)OCC. The summed E-state index contributed by atoms with van der Waals surface area (Å²) in [6.07, 6.45) is 7.05. The summed E-state index contributed by atoms with van der Waals surface area (Å²) >= 11 is 0. The van der Waals surface area contributed by atoms with Crippen LogP contribution in [0.15, 0.2) is 24.0 Å². The number of esters is 2. The minimum absolute atomic E-state index is 0. The smallest absolute Gasteiger partial charge is 0.356 e. The molecule has 8 nitrogen and oxygen atoms in total. The lowest BCUT2D eigenvalue weighted by atomic mass is 10.4. The quantitative estimate of drug-likeness (QED) is 0.124. The molecular formula is C26H41BrN2O6S2. The summed E-state index contributed by atoms with van der Waals surface area (Å²) in [5.41, 5.74) is 0. The second-order valence-electron chi connectivity index (χ2n) is 7.82. The predicted octanol–water partition coefficient (Wildman–Crippen LogP) is 0.113. The van der Waals surface area contributed by atoms with Gasteiger partial charge in [-0.15, -0.1) is 0 Å². The molecule has 0 aromatic rings. The van der Waals surface area contributed by atoms with Crippen LogP contribution < -0.4 is 22.1 Å². The molecule has 210 valence electrons. The largest absolute Gasteiger partial charge is 1.00 e. The second-order valence-corrected chi connectivity index (χ2v) is 12.3. The van der Waals surface area contributed by atoms with E-state index >= 15 is 0 Å². The molecule has 0 amide bonds. The number of ether oxygens (including phenoxy) is 3. The van der Waals surface area contributed by atoms with Crippen molar-refractivity contribution in [3.8, 4) is 6.07 Å². The maximum atomic E-state index is 11.0. The van der Waals surface area contributed by atoms with Crippen LogP contribution in [0, 0.1) is 23.8 Å². The summed E-state index contributed by atoms with van der Waals surface area (Å²) in [4.78, 5) is 25.0.